The smallest absolute Gasteiger partial charge is 0.193 e. The molecule has 0 aliphatic carbocycles. The highest BCUT2D eigenvalue weighted by molar-refractivity contribution is 14.1. The summed E-state index contributed by atoms with van der Waals surface area (Å²) in [6, 6.07) is 0. The first-order valence-electron chi connectivity index (χ1n) is 4.41. The van der Waals surface area contributed by atoms with E-state index < -0.39 is 0 Å². The van der Waals surface area contributed by atoms with E-state index in [-0.39, 0.29) is 11.0 Å². The Hall–Kier alpha value is 1.22. The van der Waals surface area contributed by atoms with Gasteiger partial charge >= 0.3 is 0 Å². The van der Waals surface area contributed by atoms with Gasteiger partial charge in [0.25, 0.3) is 0 Å². The van der Waals surface area contributed by atoms with Crippen molar-refractivity contribution in [2.24, 2.45) is 10.4 Å². The van der Waals surface area contributed by atoms with Gasteiger partial charge in [0, 0.05) is 14.7 Å². The second-order valence-corrected chi connectivity index (χ2v) is 5.99. The van der Waals surface area contributed by atoms with Gasteiger partial charge in [-0.15, -0.1) is 11.6 Å². The van der Waals surface area contributed by atoms with Crippen LogP contribution in [-0.2, 0) is 4.74 Å². The standard InChI is InChI=1S/C9H14ClI2NO/c1-8(2)6-14-7(13-8)9(3-10,4-11)5-12/h3-6H2,1-2H3. The van der Waals surface area contributed by atoms with Gasteiger partial charge in [0.1, 0.15) is 6.61 Å². The monoisotopic (exact) mass is 441 g/mol. The highest BCUT2D eigenvalue weighted by Gasteiger charge is 2.40. The lowest BCUT2D eigenvalue weighted by Crippen LogP contribution is -2.36. The first-order chi connectivity index (χ1) is 6.49. The summed E-state index contributed by atoms with van der Waals surface area (Å²) in [6.45, 7) is 4.84. The van der Waals surface area contributed by atoms with E-state index in [2.05, 4.69) is 64.0 Å². The summed E-state index contributed by atoms with van der Waals surface area (Å²) >= 11 is 10.7. The van der Waals surface area contributed by atoms with Crippen LogP contribution in [0.5, 0.6) is 0 Å². The van der Waals surface area contributed by atoms with Crippen molar-refractivity contribution in [3.8, 4) is 0 Å². The third-order valence-corrected chi connectivity index (χ3v) is 5.62. The van der Waals surface area contributed by atoms with E-state index in [0.717, 1.165) is 14.8 Å². The Morgan fingerprint density at radius 3 is 2.36 bits per heavy atom. The maximum absolute atomic E-state index is 6.03. The van der Waals surface area contributed by atoms with Crippen molar-refractivity contribution in [1.29, 1.82) is 0 Å². The average molecular weight is 441 g/mol. The molecule has 0 radical (unpaired) electrons. The molecule has 1 aliphatic heterocycles. The van der Waals surface area contributed by atoms with Crippen molar-refractivity contribution in [2.75, 3.05) is 21.3 Å². The molecule has 0 amide bonds. The van der Waals surface area contributed by atoms with Crippen molar-refractivity contribution < 1.29 is 4.74 Å². The predicted molar refractivity (Wildman–Crippen MR) is 78.4 cm³/mol. The minimum absolute atomic E-state index is 0.0730. The molecule has 82 valence electrons. The molecule has 0 saturated carbocycles. The molecule has 0 atom stereocenters. The topological polar surface area (TPSA) is 21.6 Å². The van der Waals surface area contributed by atoms with E-state index in [1.54, 1.807) is 0 Å². The van der Waals surface area contributed by atoms with Crippen LogP contribution in [-0.4, -0.2) is 32.8 Å². The zero-order valence-corrected chi connectivity index (χ0v) is 13.4. The van der Waals surface area contributed by atoms with E-state index >= 15 is 0 Å². The quantitative estimate of drug-likeness (QED) is 0.485. The van der Waals surface area contributed by atoms with Crippen molar-refractivity contribution in [3.05, 3.63) is 0 Å². The lowest BCUT2D eigenvalue weighted by atomic mass is 9.96. The Morgan fingerprint density at radius 1 is 1.50 bits per heavy atom. The van der Waals surface area contributed by atoms with Crippen LogP contribution in [0.15, 0.2) is 4.99 Å². The lowest BCUT2D eigenvalue weighted by Gasteiger charge is -2.26. The van der Waals surface area contributed by atoms with Gasteiger partial charge in [-0.1, -0.05) is 45.2 Å². The highest BCUT2D eigenvalue weighted by atomic mass is 127. The molecule has 0 unspecified atom stereocenters. The molecule has 0 aromatic rings. The average Bonchev–Trinajstić information content (AvgIpc) is 2.51. The Kier molecular flexibility index (Phi) is 4.78. The van der Waals surface area contributed by atoms with E-state index in [1.165, 1.54) is 0 Å². The van der Waals surface area contributed by atoms with Gasteiger partial charge in [0.15, 0.2) is 5.90 Å². The highest BCUT2D eigenvalue weighted by Crippen LogP contribution is 2.33. The molecule has 0 aromatic heterocycles. The second-order valence-electron chi connectivity index (χ2n) is 4.20. The van der Waals surface area contributed by atoms with Crippen LogP contribution in [0.3, 0.4) is 0 Å². The van der Waals surface area contributed by atoms with E-state index in [1.807, 2.05) is 0 Å². The molecular formula is C9H14ClI2NO. The maximum atomic E-state index is 6.03. The zero-order valence-electron chi connectivity index (χ0n) is 8.32. The first-order valence-corrected chi connectivity index (χ1v) is 7.99. The van der Waals surface area contributed by atoms with Crippen molar-refractivity contribution in [2.45, 2.75) is 19.4 Å². The fourth-order valence-corrected chi connectivity index (χ4v) is 4.84. The minimum Gasteiger partial charge on any atom is -0.478 e. The molecule has 0 bridgehead atoms. The predicted octanol–water partition coefficient (Wildman–Crippen LogP) is 3.29. The Bertz CT molecular complexity index is 231. The molecule has 0 saturated heterocycles. The van der Waals surface area contributed by atoms with E-state index in [0.29, 0.717) is 12.5 Å². The molecule has 1 rings (SSSR count). The number of nitrogens with zero attached hydrogens (tertiary/aromatic N) is 1. The zero-order chi connectivity index (χ0) is 10.8. The maximum Gasteiger partial charge on any atom is 0.193 e. The Labute approximate surface area is 117 Å². The van der Waals surface area contributed by atoms with Crippen LogP contribution < -0.4 is 0 Å². The van der Waals surface area contributed by atoms with Gasteiger partial charge in [-0.2, -0.15) is 0 Å². The second kappa shape index (κ2) is 5.03. The summed E-state index contributed by atoms with van der Waals surface area (Å²) < 4.78 is 7.56. The van der Waals surface area contributed by atoms with Crippen LogP contribution in [0, 0.1) is 5.41 Å². The molecule has 0 N–H and O–H groups in total. The molecule has 5 heteroatoms. The molecule has 0 aromatic carbocycles. The summed E-state index contributed by atoms with van der Waals surface area (Å²) in [4.78, 5) is 4.61. The molecule has 2 nitrogen and oxygen atoms in total. The third-order valence-electron chi connectivity index (χ3n) is 2.19. The fraction of sp³-hybridized carbons (Fsp3) is 0.889. The SMILES string of the molecule is CC1(C)COC(C(CCl)(CI)CI)=N1. The Balaban J connectivity index is 2.91. The summed E-state index contributed by atoms with van der Waals surface area (Å²) in [5.74, 6) is 1.43. The molecule has 14 heavy (non-hydrogen) atoms. The third kappa shape index (κ3) is 2.66. The number of hydrogen-bond donors (Lipinski definition) is 0. The van der Waals surface area contributed by atoms with E-state index in [4.69, 9.17) is 16.3 Å². The number of hydrogen-bond acceptors (Lipinski definition) is 2. The summed E-state index contributed by atoms with van der Waals surface area (Å²) in [5.41, 5.74) is -0.152. The summed E-state index contributed by atoms with van der Waals surface area (Å²) in [7, 11) is 0. The Morgan fingerprint density at radius 2 is 2.07 bits per heavy atom. The van der Waals surface area contributed by atoms with Gasteiger partial charge in [-0.25, -0.2) is 4.99 Å². The lowest BCUT2D eigenvalue weighted by molar-refractivity contribution is 0.258. The first kappa shape index (κ1) is 13.3. The number of aliphatic imine (C=N–C) groups is 1. The minimum atomic E-state index is -0.0791. The summed E-state index contributed by atoms with van der Waals surface area (Å²) in [5, 5.41) is 0. The molecule has 1 aliphatic rings. The number of halogens is 3. The van der Waals surface area contributed by atoms with Gasteiger partial charge in [0.2, 0.25) is 0 Å². The number of ether oxygens (including phenoxy) is 1. The van der Waals surface area contributed by atoms with Crippen molar-refractivity contribution in [3.63, 3.8) is 0 Å². The summed E-state index contributed by atoms with van der Waals surface area (Å²) in [6.07, 6.45) is 0. The van der Waals surface area contributed by atoms with Crippen molar-refractivity contribution >= 4 is 62.7 Å². The van der Waals surface area contributed by atoms with Crippen molar-refractivity contribution in [1.82, 2.24) is 0 Å². The van der Waals surface area contributed by atoms with Gasteiger partial charge in [-0.05, 0) is 13.8 Å². The van der Waals surface area contributed by atoms with Crippen LogP contribution in [0.1, 0.15) is 13.8 Å². The van der Waals surface area contributed by atoms with Gasteiger partial charge < -0.3 is 4.74 Å². The molecule has 1 heterocycles. The van der Waals surface area contributed by atoms with E-state index in [9.17, 15) is 0 Å². The molecule has 0 fully saturated rings. The van der Waals surface area contributed by atoms with Crippen LogP contribution in [0.4, 0.5) is 0 Å². The number of alkyl halides is 3. The number of rotatable bonds is 4. The molecule has 0 spiro atoms. The van der Waals surface area contributed by atoms with Crippen LogP contribution >= 0.6 is 56.8 Å². The van der Waals surface area contributed by atoms with Gasteiger partial charge in [0.05, 0.1) is 11.0 Å². The van der Waals surface area contributed by atoms with Crippen LogP contribution in [0.2, 0.25) is 0 Å². The largest absolute Gasteiger partial charge is 0.478 e. The van der Waals surface area contributed by atoms with Crippen LogP contribution in [0.25, 0.3) is 0 Å². The van der Waals surface area contributed by atoms with Gasteiger partial charge in [-0.3, -0.25) is 0 Å². The fourth-order valence-electron chi connectivity index (χ4n) is 1.13. The normalized spacial score (nSPS) is 20.5. The molecular weight excluding hydrogens is 427 g/mol.